The molecule has 0 radical (unpaired) electrons. The molecule has 0 aliphatic carbocycles. The minimum absolute atomic E-state index is 0.139. The Balaban J connectivity index is 1.95. The molecule has 0 saturated heterocycles. The smallest absolute Gasteiger partial charge is 0.231 e. The molecule has 1 aliphatic heterocycles. The summed E-state index contributed by atoms with van der Waals surface area (Å²) in [6, 6.07) is 8.42. The second kappa shape index (κ2) is 8.73. The molecule has 0 saturated carbocycles. The third-order valence-corrected chi connectivity index (χ3v) is 4.53. The van der Waals surface area contributed by atoms with Crippen LogP contribution in [-0.2, 0) is 6.42 Å². The van der Waals surface area contributed by atoms with E-state index in [0.29, 0.717) is 40.5 Å². The number of aliphatic hydroxyl groups excluding tert-OH is 1. The Labute approximate surface area is 170 Å². The van der Waals surface area contributed by atoms with Crippen LogP contribution in [0, 0.1) is 0 Å². The Hall–Kier alpha value is -3.41. The van der Waals surface area contributed by atoms with E-state index >= 15 is 0 Å². The molecule has 2 aromatic carbocycles. The van der Waals surface area contributed by atoms with E-state index < -0.39 is 0 Å². The van der Waals surface area contributed by atoms with E-state index in [1.165, 1.54) is 13.2 Å². The molecule has 0 atom stereocenters. The fourth-order valence-corrected chi connectivity index (χ4v) is 2.97. The van der Waals surface area contributed by atoms with Crippen molar-refractivity contribution in [2.45, 2.75) is 20.3 Å². The molecule has 152 valence electrons. The molecule has 1 N–H and O–H groups in total. The molecule has 0 spiro atoms. The zero-order chi connectivity index (χ0) is 21.0. The summed E-state index contributed by atoms with van der Waals surface area (Å²) in [4.78, 5) is 12.9. The molecule has 0 bridgehead atoms. The van der Waals surface area contributed by atoms with Crippen molar-refractivity contribution in [2.75, 3.05) is 21.0 Å². The van der Waals surface area contributed by atoms with Crippen molar-refractivity contribution >= 4 is 11.5 Å². The first kappa shape index (κ1) is 20.3. The average molecular weight is 396 g/mol. The number of rotatable bonds is 7. The highest BCUT2D eigenvalue weighted by Gasteiger charge is 2.18. The Morgan fingerprint density at radius 3 is 2.48 bits per heavy atom. The van der Waals surface area contributed by atoms with Gasteiger partial charge < -0.3 is 24.1 Å². The van der Waals surface area contributed by atoms with Crippen LogP contribution in [0.1, 0.15) is 35.3 Å². The Morgan fingerprint density at radius 2 is 1.79 bits per heavy atom. The van der Waals surface area contributed by atoms with Crippen LogP contribution >= 0.6 is 0 Å². The van der Waals surface area contributed by atoms with Gasteiger partial charge in [0.1, 0.15) is 17.3 Å². The molecular weight excluding hydrogens is 372 g/mol. The summed E-state index contributed by atoms with van der Waals surface area (Å²) >= 11 is 0. The number of hydrogen-bond donors (Lipinski definition) is 1. The van der Waals surface area contributed by atoms with E-state index in [1.54, 1.807) is 37.4 Å². The zero-order valence-corrected chi connectivity index (χ0v) is 16.9. The monoisotopic (exact) mass is 396 g/mol. The van der Waals surface area contributed by atoms with Crippen molar-refractivity contribution in [3.05, 3.63) is 64.7 Å². The number of carbonyl (C=O) groups excluding carboxylic acids is 1. The highest BCUT2D eigenvalue weighted by atomic mass is 16.7. The third kappa shape index (κ3) is 4.54. The third-order valence-electron chi connectivity index (χ3n) is 4.53. The van der Waals surface area contributed by atoms with Gasteiger partial charge in [0.05, 0.1) is 19.8 Å². The zero-order valence-electron chi connectivity index (χ0n) is 16.9. The minimum Gasteiger partial charge on any atom is -0.507 e. The SMILES string of the molecule is COc1cc(OC)c(C(=O)C=C(O)c2ccc3c(c2)OCO3)cc1CC=C(C)C. The number of aliphatic hydroxyl groups is 1. The molecule has 1 heterocycles. The second-order valence-corrected chi connectivity index (χ2v) is 6.81. The van der Waals surface area contributed by atoms with Crippen LogP contribution in [0.4, 0.5) is 0 Å². The quantitative estimate of drug-likeness (QED) is 0.316. The number of hydrogen-bond acceptors (Lipinski definition) is 6. The number of benzene rings is 2. The maximum atomic E-state index is 12.9. The van der Waals surface area contributed by atoms with Gasteiger partial charge in [-0.25, -0.2) is 0 Å². The number of ether oxygens (including phenoxy) is 4. The van der Waals surface area contributed by atoms with Gasteiger partial charge in [-0.15, -0.1) is 0 Å². The largest absolute Gasteiger partial charge is 0.507 e. The van der Waals surface area contributed by atoms with Crippen molar-refractivity contribution in [3.63, 3.8) is 0 Å². The lowest BCUT2D eigenvalue weighted by Crippen LogP contribution is -2.03. The number of ketones is 1. The molecule has 6 heteroatoms. The lowest BCUT2D eigenvalue weighted by Gasteiger charge is -2.13. The van der Waals surface area contributed by atoms with Gasteiger partial charge in [-0.3, -0.25) is 4.79 Å². The summed E-state index contributed by atoms with van der Waals surface area (Å²) in [6.45, 7) is 4.15. The van der Waals surface area contributed by atoms with Crippen molar-refractivity contribution < 1.29 is 28.8 Å². The molecule has 0 amide bonds. The van der Waals surface area contributed by atoms with Crippen LogP contribution in [0.15, 0.2) is 48.1 Å². The number of methoxy groups -OCH3 is 2. The predicted molar refractivity (Wildman–Crippen MR) is 110 cm³/mol. The van der Waals surface area contributed by atoms with Gasteiger partial charge in [0.2, 0.25) is 6.79 Å². The standard InChI is InChI=1S/C23H24O6/c1-14(2)5-6-16-9-17(22(27-4)12-21(16)26-3)19(25)11-18(24)15-7-8-20-23(10-15)29-13-28-20/h5,7-12,24H,6,13H2,1-4H3. The van der Waals surface area contributed by atoms with E-state index in [-0.39, 0.29) is 18.3 Å². The van der Waals surface area contributed by atoms with Crippen LogP contribution in [0.25, 0.3) is 5.76 Å². The number of carbonyl (C=O) groups is 1. The first-order chi connectivity index (χ1) is 13.9. The van der Waals surface area contributed by atoms with Gasteiger partial charge in [-0.2, -0.15) is 0 Å². The van der Waals surface area contributed by atoms with E-state index in [2.05, 4.69) is 6.08 Å². The van der Waals surface area contributed by atoms with Crippen LogP contribution < -0.4 is 18.9 Å². The van der Waals surface area contributed by atoms with Gasteiger partial charge in [-0.1, -0.05) is 11.6 Å². The van der Waals surface area contributed by atoms with Crippen LogP contribution in [0.3, 0.4) is 0 Å². The molecule has 0 fully saturated rings. The highest BCUT2D eigenvalue weighted by Crippen LogP contribution is 2.35. The van der Waals surface area contributed by atoms with Gasteiger partial charge >= 0.3 is 0 Å². The summed E-state index contributed by atoms with van der Waals surface area (Å²) in [7, 11) is 3.07. The maximum Gasteiger partial charge on any atom is 0.231 e. The lowest BCUT2D eigenvalue weighted by atomic mass is 10.0. The number of fused-ring (bicyclic) bond motifs is 1. The Morgan fingerprint density at radius 1 is 1.07 bits per heavy atom. The van der Waals surface area contributed by atoms with Crippen molar-refractivity contribution in [1.29, 1.82) is 0 Å². The molecule has 0 unspecified atom stereocenters. The fourth-order valence-electron chi connectivity index (χ4n) is 2.97. The summed E-state index contributed by atoms with van der Waals surface area (Å²) in [5.41, 5.74) is 2.82. The summed E-state index contributed by atoms with van der Waals surface area (Å²) in [5.74, 6) is 1.60. The van der Waals surface area contributed by atoms with Crippen LogP contribution in [0.5, 0.6) is 23.0 Å². The summed E-state index contributed by atoms with van der Waals surface area (Å²) in [6.07, 6.45) is 3.85. The topological polar surface area (TPSA) is 74.2 Å². The molecule has 3 rings (SSSR count). The normalized spacial score (nSPS) is 12.5. The van der Waals surface area contributed by atoms with Crippen molar-refractivity contribution in [3.8, 4) is 23.0 Å². The second-order valence-electron chi connectivity index (χ2n) is 6.81. The summed E-state index contributed by atoms with van der Waals surface area (Å²) < 4.78 is 21.4. The maximum absolute atomic E-state index is 12.9. The first-order valence-corrected chi connectivity index (χ1v) is 9.16. The van der Waals surface area contributed by atoms with Crippen molar-refractivity contribution in [2.24, 2.45) is 0 Å². The van der Waals surface area contributed by atoms with Crippen LogP contribution in [0.2, 0.25) is 0 Å². The first-order valence-electron chi connectivity index (χ1n) is 9.16. The van der Waals surface area contributed by atoms with Crippen LogP contribution in [-0.4, -0.2) is 31.9 Å². The van der Waals surface area contributed by atoms with Gasteiger partial charge in [-0.05, 0) is 50.1 Å². The van der Waals surface area contributed by atoms with E-state index in [0.717, 1.165) is 11.1 Å². The molecule has 0 aromatic heterocycles. The Kier molecular flexibility index (Phi) is 6.12. The molecule has 6 nitrogen and oxygen atoms in total. The number of allylic oxidation sites excluding steroid dienone is 3. The minimum atomic E-state index is -0.377. The van der Waals surface area contributed by atoms with Gasteiger partial charge in [0, 0.05) is 17.7 Å². The summed E-state index contributed by atoms with van der Waals surface area (Å²) in [5, 5.41) is 10.5. The predicted octanol–water partition coefficient (Wildman–Crippen LogP) is 4.72. The van der Waals surface area contributed by atoms with E-state index in [1.807, 2.05) is 13.8 Å². The fraction of sp³-hybridized carbons (Fsp3) is 0.261. The lowest BCUT2D eigenvalue weighted by molar-refractivity contribution is 0.104. The van der Waals surface area contributed by atoms with E-state index in [4.69, 9.17) is 18.9 Å². The van der Waals surface area contributed by atoms with Gasteiger partial charge in [0.25, 0.3) is 0 Å². The van der Waals surface area contributed by atoms with Crippen molar-refractivity contribution in [1.82, 2.24) is 0 Å². The van der Waals surface area contributed by atoms with Gasteiger partial charge in [0.15, 0.2) is 17.3 Å². The molecule has 1 aliphatic rings. The molecule has 29 heavy (non-hydrogen) atoms. The highest BCUT2D eigenvalue weighted by molar-refractivity contribution is 6.09. The molecule has 2 aromatic rings. The molecular formula is C23H24O6. The average Bonchev–Trinajstić information content (AvgIpc) is 3.19. The van der Waals surface area contributed by atoms with E-state index in [9.17, 15) is 9.90 Å². The Bertz CT molecular complexity index is 983.